The van der Waals surface area contributed by atoms with Gasteiger partial charge in [0.25, 0.3) is 0 Å². The van der Waals surface area contributed by atoms with Crippen molar-refractivity contribution in [1.82, 2.24) is 0 Å². The van der Waals surface area contributed by atoms with Gasteiger partial charge in [-0.15, -0.1) is 0 Å². The van der Waals surface area contributed by atoms with Gasteiger partial charge in [0, 0.05) is 17.8 Å². The number of nitrogens with zero attached hydrogens (tertiary/aromatic N) is 1. The van der Waals surface area contributed by atoms with Gasteiger partial charge < -0.3 is 0 Å². The molecule has 2 heteroatoms. The maximum atomic E-state index is 5.44. The van der Waals surface area contributed by atoms with Crippen LogP contribution < -0.4 is 0 Å². The molecule has 1 nitrogen and oxygen atoms in total. The zero-order valence-corrected chi connectivity index (χ0v) is 6.44. The first kappa shape index (κ1) is 8.44. The zero-order chi connectivity index (χ0) is 7.28. The number of halogens is 1. The molecule has 0 N–H and O–H groups in total. The van der Waals surface area contributed by atoms with Crippen molar-refractivity contribution in [2.24, 2.45) is 4.99 Å². The Morgan fingerprint density at radius 3 is 2.44 bits per heavy atom. The van der Waals surface area contributed by atoms with E-state index in [0.717, 1.165) is 5.71 Å². The highest BCUT2D eigenvalue weighted by Crippen LogP contribution is 1.97. The highest BCUT2D eigenvalue weighted by Gasteiger charge is 1.78. The Hall–Kier alpha value is -0.560. The van der Waals surface area contributed by atoms with Crippen LogP contribution in [-0.4, -0.2) is 12.8 Å². The molecule has 50 valence electrons. The molecule has 0 bridgehead atoms. The van der Waals surface area contributed by atoms with E-state index in [0.29, 0.717) is 5.03 Å². The molecule has 0 spiro atoms. The summed E-state index contributed by atoms with van der Waals surface area (Å²) in [6.45, 7) is 5.38. The topological polar surface area (TPSA) is 12.4 Å². The molecule has 0 saturated heterocycles. The van der Waals surface area contributed by atoms with Gasteiger partial charge >= 0.3 is 0 Å². The number of rotatable bonds is 2. The van der Waals surface area contributed by atoms with Crippen molar-refractivity contribution in [2.45, 2.75) is 6.92 Å². The number of allylic oxidation sites excluding steroid dienone is 3. The fourth-order valence-electron chi connectivity index (χ4n) is 0.286. The van der Waals surface area contributed by atoms with Crippen LogP contribution in [0.3, 0.4) is 0 Å². The summed E-state index contributed by atoms with van der Waals surface area (Å²) in [5.74, 6) is 0. The molecule has 0 fully saturated rings. The third-order valence-electron chi connectivity index (χ3n) is 0.858. The number of hydrogen-bond acceptors (Lipinski definition) is 1. The second kappa shape index (κ2) is 4.33. The van der Waals surface area contributed by atoms with Crippen molar-refractivity contribution in [2.75, 3.05) is 7.05 Å². The number of hydrogen-bond donors (Lipinski definition) is 0. The second-order valence-electron chi connectivity index (χ2n) is 1.65. The van der Waals surface area contributed by atoms with Gasteiger partial charge in [0.15, 0.2) is 0 Å². The minimum Gasteiger partial charge on any atom is -0.293 e. The van der Waals surface area contributed by atoms with Gasteiger partial charge in [-0.2, -0.15) is 0 Å². The third kappa shape index (κ3) is 5.31. The van der Waals surface area contributed by atoms with Crippen molar-refractivity contribution < 1.29 is 0 Å². The van der Waals surface area contributed by atoms with E-state index < -0.39 is 0 Å². The average Bonchev–Trinajstić information content (AvgIpc) is 1.83. The molecule has 0 aliphatic rings. The van der Waals surface area contributed by atoms with Crippen molar-refractivity contribution in [3.8, 4) is 0 Å². The normalized spacial score (nSPS) is 12.6. The van der Waals surface area contributed by atoms with Crippen molar-refractivity contribution in [1.29, 1.82) is 0 Å². The molecule has 0 atom stereocenters. The molecule has 0 aliphatic carbocycles. The van der Waals surface area contributed by atoms with Gasteiger partial charge in [-0.1, -0.05) is 18.2 Å². The lowest BCUT2D eigenvalue weighted by Crippen LogP contribution is -1.80. The summed E-state index contributed by atoms with van der Waals surface area (Å²) in [6, 6.07) is 0. The molecular formula is C7H10ClN. The van der Waals surface area contributed by atoms with Crippen LogP contribution in [0.4, 0.5) is 0 Å². The standard InChI is InChI=1S/C7H10ClN/c1-6(8)4-5-7(2)9-3/h4-5H,1H2,2-3H3/b5-4-,9-7?. The monoisotopic (exact) mass is 143 g/mol. The van der Waals surface area contributed by atoms with E-state index in [2.05, 4.69) is 11.6 Å². The van der Waals surface area contributed by atoms with Crippen LogP contribution in [0.5, 0.6) is 0 Å². The minimum absolute atomic E-state index is 0.526. The van der Waals surface area contributed by atoms with Crippen LogP contribution >= 0.6 is 11.6 Å². The third-order valence-corrected chi connectivity index (χ3v) is 0.984. The summed E-state index contributed by atoms with van der Waals surface area (Å²) in [7, 11) is 1.73. The molecule has 0 heterocycles. The second-order valence-corrected chi connectivity index (χ2v) is 2.13. The Morgan fingerprint density at radius 2 is 2.11 bits per heavy atom. The Morgan fingerprint density at radius 1 is 1.56 bits per heavy atom. The van der Waals surface area contributed by atoms with Crippen molar-refractivity contribution in [3.05, 3.63) is 23.8 Å². The molecule has 0 unspecified atom stereocenters. The van der Waals surface area contributed by atoms with E-state index in [9.17, 15) is 0 Å². The van der Waals surface area contributed by atoms with Gasteiger partial charge in [-0.25, -0.2) is 0 Å². The van der Waals surface area contributed by atoms with Gasteiger partial charge in [-0.3, -0.25) is 4.99 Å². The molecule has 0 amide bonds. The lowest BCUT2D eigenvalue weighted by molar-refractivity contribution is 1.43. The van der Waals surface area contributed by atoms with E-state index in [1.807, 2.05) is 13.0 Å². The van der Waals surface area contributed by atoms with Crippen molar-refractivity contribution in [3.63, 3.8) is 0 Å². The van der Waals surface area contributed by atoms with E-state index >= 15 is 0 Å². The van der Waals surface area contributed by atoms with Gasteiger partial charge in [-0.05, 0) is 19.1 Å². The Labute approximate surface area is 60.7 Å². The van der Waals surface area contributed by atoms with Crippen molar-refractivity contribution >= 4 is 17.3 Å². The summed E-state index contributed by atoms with van der Waals surface area (Å²) >= 11 is 5.44. The fraction of sp³-hybridized carbons (Fsp3) is 0.286. The molecular weight excluding hydrogens is 134 g/mol. The highest BCUT2D eigenvalue weighted by molar-refractivity contribution is 6.31. The van der Waals surface area contributed by atoms with Gasteiger partial charge in [0.05, 0.1) is 0 Å². The summed E-state index contributed by atoms with van der Waals surface area (Å²) in [4.78, 5) is 3.89. The van der Waals surface area contributed by atoms with E-state index in [1.165, 1.54) is 0 Å². The average molecular weight is 144 g/mol. The molecule has 0 aromatic carbocycles. The first-order valence-electron chi connectivity index (χ1n) is 2.62. The Balaban J connectivity index is 3.86. The first-order valence-corrected chi connectivity index (χ1v) is 3.00. The summed E-state index contributed by atoms with van der Waals surface area (Å²) in [5, 5.41) is 0.526. The van der Waals surface area contributed by atoms with Crippen LogP contribution in [-0.2, 0) is 0 Å². The maximum absolute atomic E-state index is 5.44. The quantitative estimate of drug-likeness (QED) is 0.416. The molecule has 0 aliphatic heterocycles. The van der Waals surface area contributed by atoms with Crippen LogP contribution in [0.15, 0.2) is 28.8 Å². The SMILES string of the molecule is C=C(Cl)/C=C\C(C)=NC. The van der Waals surface area contributed by atoms with Gasteiger partial charge in [0.1, 0.15) is 0 Å². The van der Waals surface area contributed by atoms with Gasteiger partial charge in [0.2, 0.25) is 0 Å². The maximum Gasteiger partial charge on any atom is 0.0334 e. The van der Waals surface area contributed by atoms with E-state index in [1.54, 1.807) is 13.1 Å². The van der Waals surface area contributed by atoms with Crippen LogP contribution in [0.1, 0.15) is 6.92 Å². The summed E-state index contributed by atoms with van der Waals surface area (Å²) < 4.78 is 0. The zero-order valence-electron chi connectivity index (χ0n) is 5.69. The molecule has 0 saturated carbocycles. The smallest absolute Gasteiger partial charge is 0.0334 e. The molecule has 0 radical (unpaired) electrons. The number of aliphatic imine (C=N–C) groups is 1. The minimum atomic E-state index is 0.526. The van der Waals surface area contributed by atoms with Crippen LogP contribution in [0.25, 0.3) is 0 Å². The molecule has 0 aromatic rings. The Kier molecular flexibility index (Phi) is 4.06. The predicted molar refractivity (Wildman–Crippen MR) is 43.2 cm³/mol. The fourth-order valence-corrected chi connectivity index (χ4v) is 0.349. The predicted octanol–water partition coefficient (Wildman–Crippen LogP) is 2.39. The van der Waals surface area contributed by atoms with Crippen LogP contribution in [0.2, 0.25) is 0 Å². The lowest BCUT2D eigenvalue weighted by atomic mass is 10.3. The van der Waals surface area contributed by atoms with Crippen LogP contribution in [0, 0.1) is 0 Å². The molecule has 9 heavy (non-hydrogen) atoms. The highest BCUT2D eigenvalue weighted by atomic mass is 35.5. The largest absolute Gasteiger partial charge is 0.293 e. The summed E-state index contributed by atoms with van der Waals surface area (Å²) in [6.07, 6.45) is 3.53. The first-order chi connectivity index (χ1) is 4.16. The molecule has 0 aromatic heterocycles. The molecule has 0 rings (SSSR count). The Bertz CT molecular complexity index is 156. The lowest BCUT2D eigenvalue weighted by Gasteiger charge is -1.84. The van der Waals surface area contributed by atoms with E-state index in [4.69, 9.17) is 11.6 Å². The van der Waals surface area contributed by atoms with E-state index in [-0.39, 0.29) is 0 Å². The summed E-state index contributed by atoms with van der Waals surface area (Å²) in [5.41, 5.74) is 0.941.